The number of anilines is 1. The highest BCUT2D eigenvalue weighted by atomic mass is 16.2. The zero-order valence-corrected chi connectivity index (χ0v) is 16.7. The van der Waals surface area contributed by atoms with E-state index in [1.54, 1.807) is 31.1 Å². The first-order valence-corrected chi connectivity index (χ1v) is 9.56. The number of benzene rings is 2. The molecule has 3 aromatic rings. The maximum Gasteiger partial charge on any atom is 0.242 e. The molecule has 0 fully saturated rings. The lowest BCUT2D eigenvalue weighted by atomic mass is 9.89. The molecule has 0 aliphatic heterocycles. The van der Waals surface area contributed by atoms with Gasteiger partial charge in [-0.15, -0.1) is 0 Å². The van der Waals surface area contributed by atoms with Gasteiger partial charge in [-0.1, -0.05) is 48.5 Å². The Balaban J connectivity index is 1.80. The van der Waals surface area contributed by atoms with Crippen LogP contribution in [0.2, 0.25) is 0 Å². The molecule has 0 radical (unpaired) electrons. The Morgan fingerprint density at radius 3 is 2.07 bits per heavy atom. The molecule has 5 heteroatoms. The van der Waals surface area contributed by atoms with Crippen molar-refractivity contribution < 1.29 is 9.59 Å². The van der Waals surface area contributed by atoms with Gasteiger partial charge in [0.05, 0.1) is 6.54 Å². The molecule has 3 rings (SSSR count). The van der Waals surface area contributed by atoms with Crippen LogP contribution in [0.1, 0.15) is 25.0 Å². The fourth-order valence-electron chi connectivity index (χ4n) is 2.99. The Morgan fingerprint density at radius 2 is 1.45 bits per heavy atom. The molecule has 0 saturated carbocycles. The Labute approximate surface area is 171 Å². The molecule has 1 N–H and O–H groups in total. The van der Waals surface area contributed by atoms with Crippen molar-refractivity contribution in [1.82, 2.24) is 10.3 Å². The lowest BCUT2D eigenvalue weighted by Gasteiger charge is -2.31. The van der Waals surface area contributed by atoms with Crippen molar-refractivity contribution >= 4 is 17.5 Å². The second-order valence-electron chi connectivity index (χ2n) is 7.38. The number of amides is 2. The van der Waals surface area contributed by atoms with E-state index in [4.69, 9.17) is 0 Å². The number of hydrogen-bond acceptors (Lipinski definition) is 3. The molecule has 1 aromatic heterocycles. The van der Waals surface area contributed by atoms with Crippen LogP contribution < -0.4 is 10.2 Å². The van der Waals surface area contributed by atoms with Gasteiger partial charge < -0.3 is 10.2 Å². The zero-order valence-electron chi connectivity index (χ0n) is 16.7. The molecule has 5 nitrogen and oxygen atoms in total. The monoisotopic (exact) mass is 387 g/mol. The van der Waals surface area contributed by atoms with Crippen molar-refractivity contribution in [3.8, 4) is 0 Å². The van der Waals surface area contributed by atoms with Crippen LogP contribution in [0, 0.1) is 5.41 Å². The number of carbonyl (C=O) groups excluding carboxylic acids is 2. The summed E-state index contributed by atoms with van der Waals surface area (Å²) >= 11 is 0. The minimum Gasteiger partial charge on any atom is -0.351 e. The molecule has 2 aromatic carbocycles. The van der Waals surface area contributed by atoms with Crippen molar-refractivity contribution in [3.05, 3.63) is 96.3 Å². The number of nitrogens with one attached hydrogen (secondary N) is 1. The van der Waals surface area contributed by atoms with Crippen LogP contribution in [0.15, 0.2) is 85.2 Å². The number of rotatable bonds is 7. The quantitative estimate of drug-likeness (QED) is 0.624. The summed E-state index contributed by atoms with van der Waals surface area (Å²) < 4.78 is 0. The Hall–Kier alpha value is -3.47. The van der Waals surface area contributed by atoms with Gasteiger partial charge in [-0.3, -0.25) is 14.6 Å². The summed E-state index contributed by atoms with van der Waals surface area (Å²) in [5, 5.41) is 2.88. The summed E-state index contributed by atoms with van der Waals surface area (Å²) in [5.41, 5.74) is 1.47. The largest absolute Gasteiger partial charge is 0.351 e. The van der Waals surface area contributed by atoms with Gasteiger partial charge >= 0.3 is 0 Å². The first-order chi connectivity index (χ1) is 14.0. The molecule has 29 heavy (non-hydrogen) atoms. The Kier molecular flexibility index (Phi) is 6.39. The molecule has 0 unspecified atom stereocenters. The third-order valence-electron chi connectivity index (χ3n) is 4.80. The van der Waals surface area contributed by atoms with Gasteiger partial charge in [0.25, 0.3) is 0 Å². The van der Waals surface area contributed by atoms with Crippen LogP contribution >= 0.6 is 0 Å². The lowest BCUT2D eigenvalue weighted by Crippen LogP contribution is -2.49. The second kappa shape index (κ2) is 9.15. The molecule has 0 bridgehead atoms. The summed E-state index contributed by atoms with van der Waals surface area (Å²) in [6, 6.07) is 22.9. The summed E-state index contributed by atoms with van der Waals surface area (Å²) in [6.45, 7) is 4.07. The van der Waals surface area contributed by atoms with Gasteiger partial charge in [0.15, 0.2) is 0 Å². The molecule has 0 atom stereocenters. The van der Waals surface area contributed by atoms with Crippen molar-refractivity contribution in [2.45, 2.75) is 26.9 Å². The molecular formula is C24H25N3O2. The van der Waals surface area contributed by atoms with Crippen LogP contribution in [-0.2, 0) is 22.7 Å². The third kappa shape index (κ3) is 5.08. The van der Waals surface area contributed by atoms with E-state index < -0.39 is 5.41 Å². The van der Waals surface area contributed by atoms with Crippen LogP contribution in [0.5, 0.6) is 0 Å². The summed E-state index contributed by atoms with van der Waals surface area (Å²) in [5.74, 6) is -0.562. The van der Waals surface area contributed by atoms with Crippen molar-refractivity contribution in [2.24, 2.45) is 5.41 Å². The fraction of sp³-hybridized carbons (Fsp3) is 0.208. The molecule has 0 aliphatic rings. The van der Waals surface area contributed by atoms with Crippen LogP contribution in [0.25, 0.3) is 0 Å². The number of carbonyl (C=O) groups is 2. The lowest BCUT2D eigenvalue weighted by molar-refractivity contribution is -0.140. The van der Waals surface area contributed by atoms with Crippen LogP contribution in [-0.4, -0.2) is 16.8 Å². The van der Waals surface area contributed by atoms with E-state index >= 15 is 0 Å². The van der Waals surface area contributed by atoms with Crippen molar-refractivity contribution in [1.29, 1.82) is 0 Å². The SMILES string of the molecule is CC(C)(C(=O)NCc1ccncc1)C(=O)N(Cc1ccccc1)c1ccccc1. The highest BCUT2D eigenvalue weighted by molar-refractivity contribution is 6.10. The van der Waals surface area contributed by atoms with Crippen molar-refractivity contribution in [3.63, 3.8) is 0 Å². The van der Waals surface area contributed by atoms with Crippen LogP contribution in [0.3, 0.4) is 0 Å². The smallest absolute Gasteiger partial charge is 0.242 e. The van der Waals surface area contributed by atoms with Gasteiger partial charge in [0, 0.05) is 24.6 Å². The maximum atomic E-state index is 13.5. The average Bonchev–Trinajstić information content (AvgIpc) is 2.77. The number of hydrogen-bond donors (Lipinski definition) is 1. The number of para-hydroxylation sites is 1. The van der Waals surface area contributed by atoms with E-state index in [0.717, 1.165) is 16.8 Å². The molecule has 1 heterocycles. The van der Waals surface area contributed by atoms with Gasteiger partial charge in [-0.05, 0) is 49.2 Å². The van der Waals surface area contributed by atoms with E-state index in [1.165, 1.54) is 0 Å². The van der Waals surface area contributed by atoms with E-state index in [1.807, 2.05) is 72.8 Å². The highest BCUT2D eigenvalue weighted by Crippen LogP contribution is 2.26. The Bertz CT molecular complexity index is 942. The molecular weight excluding hydrogens is 362 g/mol. The van der Waals surface area contributed by atoms with E-state index in [9.17, 15) is 9.59 Å². The minimum absolute atomic E-state index is 0.250. The van der Waals surface area contributed by atoms with Gasteiger partial charge in [0.1, 0.15) is 5.41 Å². The van der Waals surface area contributed by atoms with E-state index in [2.05, 4.69) is 10.3 Å². The normalized spacial score (nSPS) is 11.0. The second-order valence-corrected chi connectivity index (χ2v) is 7.38. The first kappa shape index (κ1) is 20.3. The topological polar surface area (TPSA) is 62.3 Å². The summed E-state index contributed by atoms with van der Waals surface area (Å²) in [4.78, 5) is 32.0. The standard InChI is InChI=1S/C24H25N3O2/c1-24(2,22(28)26-17-19-13-15-25-16-14-19)23(29)27(21-11-7-4-8-12-21)18-20-9-5-3-6-10-20/h3-16H,17-18H2,1-2H3,(H,26,28). The van der Waals surface area contributed by atoms with E-state index in [-0.39, 0.29) is 11.8 Å². The van der Waals surface area contributed by atoms with Gasteiger partial charge in [-0.25, -0.2) is 0 Å². The molecule has 0 saturated heterocycles. The number of nitrogens with zero attached hydrogens (tertiary/aromatic N) is 2. The minimum atomic E-state index is -1.22. The molecule has 2 amide bonds. The Morgan fingerprint density at radius 1 is 0.862 bits per heavy atom. The fourth-order valence-corrected chi connectivity index (χ4v) is 2.99. The van der Waals surface area contributed by atoms with Crippen LogP contribution in [0.4, 0.5) is 5.69 Å². The van der Waals surface area contributed by atoms with Crippen molar-refractivity contribution in [2.75, 3.05) is 4.90 Å². The zero-order chi connectivity index (χ0) is 20.7. The predicted octanol–water partition coefficient (Wildman–Crippen LogP) is 3.96. The third-order valence-corrected chi connectivity index (χ3v) is 4.80. The average molecular weight is 387 g/mol. The van der Waals surface area contributed by atoms with Gasteiger partial charge in [0.2, 0.25) is 11.8 Å². The molecule has 0 spiro atoms. The summed E-state index contributed by atoms with van der Waals surface area (Å²) in [6.07, 6.45) is 3.35. The van der Waals surface area contributed by atoms with E-state index in [0.29, 0.717) is 13.1 Å². The maximum absolute atomic E-state index is 13.5. The molecule has 148 valence electrons. The molecule has 0 aliphatic carbocycles. The first-order valence-electron chi connectivity index (χ1n) is 9.56. The predicted molar refractivity (Wildman–Crippen MR) is 114 cm³/mol. The van der Waals surface area contributed by atoms with Gasteiger partial charge in [-0.2, -0.15) is 0 Å². The number of pyridine rings is 1. The summed E-state index contributed by atoms with van der Waals surface area (Å²) in [7, 11) is 0. The highest BCUT2D eigenvalue weighted by Gasteiger charge is 2.39. The number of aromatic nitrogens is 1.